The normalized spacial score (nSPS) is 15.8. The second-order valence-electron chi connectivity index (χ2n) is 6.02. The van der Waals surface area contributed by atoms with Gasteiger partial charge in [-0.05, 0) is 37.5 Å². The second kappa shape index (κ2) is 6.45. The fourth-order valence-electron chi connectivity index (χ4n) is 3.27. The minimum absolute atomic E-state index is 0.0841. The summed E-state index contributed by atoms with van der Waals surface area (Å²) < 4.78 is 6.84. The van der Waals surface area contributed by atoms with Gasteiger partial charge in [0.05, 0.1) is 17.0 Å². The first-order valence-corrected chi connectivity index (χ1v) is 8.14. The van der Waals surface area contributed by atoms with Crippen LogP contribution in [0.1, 0.15) is 28.9 Å². The van der Waals surface area contributed by atoms with Gasteiger partial charge in [-0.1, -0.05) is 11.6 Å². The van der Waals surface area contributed by atoms with Gasteiger partial charge in [0, 0.05) is 30.2 Å². The average Bonchev–Trinajstić information content (AvgIpc) is 2.80. The number of ether oxygens (including phenoxy) is 1. The van der Waals surface area contributed by atoms with Crippen LogP contribution in [0.4, 0.5) is 0 Å². The molecule has 0 spiro atoms. The molecule has 6 nitrogen and oxygen atoms in total. The zero-order chi connectivity index (χ0) is 17.4. The number of carbonyl (C=O) groups excluding carboxylic acids is 1. The van der Waals surface area contributed by atoms with Crippen LogP contribution in [0.15, 0.2) is 12.1 Å². The van der Waals surface area contributed by atoms with Crippen LogP contribution in [0.25, 0.3) is 10.9 Å². The van der Waals surface area contributed by atoms with E-state index in [9.17, 15) is 19.8 Å². The fourth-order valence-corrected chi connectivity index (χ4v) is 3.43. The molecule has 128 valence electrons. The molecule has 24 heavy (non-hydrogen) atoms. The zero-order valence-electron chi connectivity index (χ0n) is 13.2. The number of rotatable bonds is 3. The van der Waals surface area contributed by atoms with Crippen LogP contribution in [0.3, 0.4) is 0 Å². The lowest BCUT2D eigenvalue weighted by Gasteiger charge is -2.22. The smallest absolute Gasteiger partial charge is 0.307 e. The maximum atomic E-state index is 13.0. The van der Waals surface area contributed by atoms with Crippen LogP contribution < -0.4 is 0 Å². The Kier molecular flexibility index (Phi) is 4.51. The van der Waals surface area contributed by atoms with Crippen molar-refractivity contribution >= 4 is 34.4 Å². The molecule has 3 rings (SSSR count). The van der Waals surface area contributed by atoms with E-state index in [1.807, 2.05) is 0 Å². The van der Waals surface area contributed by atoms with Crippen LogP contribution in [0, 0.1) is 12.8 Å². The Morgan fingerprint density at radius 1 is 1.33 bits per heavy atom. The molecule has 2 N–H and O–H groups in total. The number of aromatic hydroxyl groups is 1. The number of hydrogen-bond donors (Lipinski definition) is 2. The maximum Gasteiger partial charge on any atom is 0.307 e. The molecule has 0 radical (unpaired) electrons. The number of phenols is 1. The first-order chi connectivity index (χ1) is 11.4. The van der Waals surface area contributed by atoms with Crippen molar-refractivity contribution in [2.75, 3.05) is 13.2 Å². The number of phenolic OH excluding ortho intramolecular Hbond substituents is 1. The summed E-state index contributed by atoms with van der Waals surface area (Å²) in [5, 5.41) is 19.7. The first-order valence-electron chi connectivity index (χ1n) is 7.76. The molecule has 0 saturated carbocycles. The highest BCUT2D eigenvalue weighted by molar-refractivity contribution is 6.32. The van der Waals surface area contributed by atoms with E-state index >= 15 is 0 Å². The molecule has 2 aromatic rings. The van der Waals surface area contributed by atoms with Crippen molar-refractivity contribution in [3.05, 3.63) is 28.4 Å². The average molecular weight is 352 g/mol. The van der Waals surface area contributed by atoms with Crippen LogP contribution >= 0.6 is 11.6 Å². The molecule has 2 heterocycles. The fraction of sp³-hybridized carbons (Fsp3) is 0.412. The molecule has 1 aliphatic heterocycles. The molecule has 1 fully saturated rings. The summed E-state index contributed by atoms with van der Waals surface area (Å²) in [4.78, 5) is 24.2. The van der Waals surface area contributed by atoms with Crippen LogP contribution in [0.5, 0.6) is 5.75 Å². The van der Waals surface area contributed by atoms with E-state index in [1.54, 1.807) is 6.92 Å². The third-order valence-corrected chi connectivity index (χ3v) is 4.82. The third-order valence-electron chi connectivity index (χ3n) is 4.52. The van der Waals surface area contributed by atoms with Gasteiger partial charge in [0.15, 0.2) is 0 Å². The van der Waals surface area contributed by atoms with Gasteiger partial charge in [0.2, 0.25) is 5.91 Å². The summed E-state index contributed by atoms with van der Waals surface area (Å²) in [5.74, 6) is -1.38. The Balaban J connectivity index is 2.18. The van der Waals surface area contributed by atoms with E-state index in [1.165, 1.54) is 16.7 Å². The summed E-state index contributed by atoms with van der Waals surface area (Å²) in [7, 11) is 0. The van der Waals surface area contributed by atoms with E-state index in [-0.39, 0.29) is 29.0 Å². The summed E-state index contributed by atoms with van der Waals surface area (Å²) in [6, 6.07) is 2.94. The molecule has 0 atom stereocenters. The quantitative estimate of drug-likeness (QED) is 0.887. The second-order valence-corrected chi connectivity index (χ2v) is 6.42. The van der Waals surface area contributed by atoms with Gasteiger partial charge >= 0.3 is 5.97 Å². The van der Waals surface area contributed by atoms with Gasteiger partial charge in [0.25, 0.3) is 0 Å². The Morgan fingerprint density at radius 3 is 2.62 bits per heavy atom. The Labute approximate surface area is 143 Å². The molecule has 7 heteroatoms. The van der Waals surface area contributed by atoms with Crippen LogP contribution in [-0.2, 0) is 16.0 Å². The summed E-state index contributed by atoms with van der Waals surface area (Å²) in [6.45, 7) is 2.80. The lowest BCUT2D eigenvalue weighted by Crippen LogP contribution is -2.28. The summed E-state index contributed by atoms with van der Waals surface area (Å²) >= 11 is 6.01. The number of fused-ring (bicyclic) bond motifs is 1. The van der Waals surface area contributed by atoms with Gasteiger partial charge in [-0.15, -0.1) is 0 Å². The molecule has 0 aliphatic carbocycles. The molecule has 1 saturated heterocycles. The highest BCUT2D eigenvalue weighted by Crippen LogP contribution is 2.35. The third kappa shape index (κ3) is 2.87. The molecule has 1 aromatic heterocycles. The summed E-state index contributed by atoms with van der Waals surface area (Å²) in [5.41, 5.74) is 1.62. The number of carboxylic acid groups (broad SMARTS) is 1. The highest BCUT2D eigenvalue weighted by atomic mass is 35.5. The van der Waals surface area contributed by atoms with E-state index in [0.717, 1.165) is 0 Å². The zero-order valence-corrected chi connectivity index (χ0v) is 14.0. The number of nitrogens with zero attached hydrogens (tertiary/aromatic N) is 1. The van der Waals surface area contributed by atoms with Gasteiger partial charge in [-0.3, -0.25) is 14.2 Å². The predicted octanol–water partition coefficient (Wildman–Crippen LogP) is 3.00. The Morgan fingerprint density at radius 2 is 2.00 bits per heavy atom. The van der Waals surface area contributed by atoms with E-state index in [2.05, 4.69) is 0 Å². The van der Waals surface area contributed by atoms with E-state index < -0.39 is 5.97 Å². The van der Waals surface area contributed by atoms with Crippen molar-refractivity contribution in [3.8, 4) is 5.75 Å². The van der Waals surface area contributed by atoms with Crippen molar-refractivity contribution in [3.63, 3.8) is 0 Å². The van der Waals surface area contributed by atoms with Crippen LogP contribution in [-0.4, -0.2) is 39.9 Å². The Hall–Kier alpha value is -2.05. The Bertz CT molecular complexity index is 820. The topological polar surface area (TPSA) is 88.8 Å². The predicted molar refractivity (Wildman–Crippen MR) is 88.9 cm³/mol. The SMILES string of the molecule is Cc1c(CC(=O)O)c2cc(O)c(Cl)cc2n1C(=O)C1CCOCC1. The van der Waals surface area contributed by atoms with Gasteiger partial charge in [-0.25, -0.2) is 0 Å². The van der Waals surface area contributed by atoms with Crippen molar-refractivity contribution in [2.24, 2.45) is 5.92 Å². The van der Waals surface area contributed by atoms with Crippen LogP contribution in [0.2, 0.25) is 5.02 Å². The lowest BCUT2D eigenvalue weighted by molar-refractivity contribution is -0.136. The largest absolute Gasteiger partial charge is 0.506 e. The van der Waals surface area contributed by atoms with Crippen molar-refractivity contribution in [1.29, 1.82) is 0 Å². The first kappa shape index (κ1) is 16.8. The number of benzene rings is 1. The number of carboxylic acids is 1. The number of aliphatic carboxylic acids is 1. The molecule has 1 aliphatic rings. The summed E-state index contributed by atoms with van der Waals surface area (Å²) in [6.07, 6.45) is 1.05. The minimum Gasteiger partial charge on any atom is -0.506 e. The van der Waals surface area contributed by atoms with Gasteiger partial charge in [0.1, 0.15) is 5.75 Å². The van der Waals surface area contributed by atoms with Crippen molar-refractivity contribution < 1.29 is 24.5 Å². The minimum atomic E-state index is -0.995. The van der Waals surface area contributed by atoms with Gasteiger partial charge < -0.3 is 14.9 Å². The molecular weight excluding hydrogens is 334 g/mol. The number of carbonyl (C=O) groups is 2. The van der Waals surface area contributed by atoms with Crippen molar-refractivity contribution in [1.82, 2.24) is 4.57 Å². The molecule has 0 amide bonds. The standard InChI is InChI=1S/C17H18ClNO5/c1-9-11(7-16(21)22)12-6-15(20)13(18)8-14(12)19(9)17(23)10-2-4-24-5-3-10/h6,8,10,20H,2-5,7H2,1H3,(H,21,22). The number of halogens is 1. The molecule has 1 aromatic carbocycles. The molecular formula is C17H18ClNO5. The van der Waals surface area contributed by atoms with Crippen molar-refractivity contribution in [2.45, 2.75) is 26.2 Å². The maximum absolute atomic E-state index is 13.0. The lowest BCUT2D eigenvalue weighted by atomic mass is 9.99. The monoisotopic (exact) mass is 351 g/mol. The highest BCUT2D eigenvalue weighted by Gasteiger charge is 2.28. The molecule has 0 bridgehead atoms. The van der Waals surface area contributed by atoms with E-state index in [4.69, 9.17) is 16.3 Å². The number of hydrogen-bond acceptors (Lipinski definition) is 4. The molecule has 0 unspecified atom stereocenters. The van der Waals surface area contributed by atoms with E-state index in [0.29, 0.717) is 48.2 Å². The van der Waals surface area contributed by atoms with Gasteiger partial charge in [-0.2, -0.15) is 0 Å². The number of aromatic nitrogens is 1.